The van der Waals surface area contributed by atoms with Crippen molar-refractivity contribution >= 4 is 5.69 Å². The molecule has 100 valence electrons. The van der Waals surface area contributed by atoms with E-state index in [2.05, 4.69) is 35.4 Å². The van der Waals surface area contributed by atoms with Gasteiger partial charge in [0.2, 0.25) is 0 Å². The maximum Gasteiger partial charge on any atom is 0.0486 e. The first-order valence-corrected chi connectivity index (χ1v) is 6.66. The normalized spacial score (nSPS) is 12.1. The number of benzene rings is 1. The molecule has 1 unspecified atom stereocenters. The topological polar surface area (TPSA) is 45.1 Å². The highest BCUT2D eigenvalue weighted by Crippen LogP contribution is 2.19. The van der Waals surface area contributed by atoms with E-state index in [-0.39, 0.29) is 12.6 Å². The number of aryl methyl sites for hydroxylation is 1. The minimum atomic E-state index is 0.241. The molecule has 1 heterocycles. The van der Waals surface area contributed by atoms with Gasteiger partial charge in [-0.1, -0.05) is 12.1 Å². The van der Waals surface area contributed by atoms with Crippen LogP contribution in [0.1, 0.15) is 30.5 Å². The summed E-state index contributed by atoms with van der Waals surface area (Å²) in [6.45, 7) is 2.38. The number of nitrogens with one attached hydrogen (secondary N) is 1. The summed E-state index contributed by atoms with van der Waals surface area (Å²) in [5, 5.41) is 12.4. The molecule has 0 radical (unpaired) electrons. The van der Waals surface area contributed by atoms with Gasteiger partial charge in [0.1, 0.15) is 0 Å². The number of hydrogen-bond acceptors (Lipinski definition) is 3. The summed E-state index contributed by atoms with van der Waals surface area (Å²) in [5.74, 6) is 0. The fraction of sp³-hybridized carbons (Fsp3) is 0.312. The first-order chi connectivity index (χ1) is 9.29. The molecule has 0 aliphatic rings. The molecule has 0 spiro atoms. The van der Waals surface area contributed by atoms with E-state index in [9.17, 15) is 0 Å². The average Bonchev–Trinajstić information content (AvgIpc) is 2.46. The predicted molar refractivity (Wildman–Crippen MR) is 78.1 cm³/mol. The van der Waals surface area contributed by atoms with Gasteiger partial charge in [0.25, 0.3) is 0 Å². The van der Waals surface area contributed by atoms with Crippen molar-refractivity contribution in [2.24, 2.45) is 0 Å². The zero-order valence-electron chi connectivity index (χ0n) is 11.2. The lowest BCUT2D eigenvalue weighted by Gasteiger charge is -2.16. The summed E-state index contributed by atoms with van der Waals surface area (Å²) in [6.07, 6.45) is 5.34. The molecule has 0 saturated heterocycles. The van der Waals surface area contributed by atoms with Crippen molar-refractivity contribution in [3.05, 3.63) is 59.9 Å². The second kappa shape index (κ2) is 6.90. The molecule has 19 heavy (non-hydrogen) atoms. The number of nitrogens with zero attached hydrogens (tertiary/aromatic N) is 1. The Bertz CT molecular complexity index is 499. The maximum absolute atomic E-state index is 8.87. The minimum absolute atomic E-state index is 0.241. The van der Waals surface area contributed by atoms with Crippen LogP contribution in [0.15, 0.2) is 48.8 Å². The quantitative estimate of drug-likeness (QED) is 0.834. The van der Waals surface area contributed by atoms with Crippen molar-refractivity contribution in [2.75, 3.05) is 11.9 Å². The lowest BCUT2D eigenvalue weighted by molar-refractivity contribution is 0.288. The molecule has 3 nitrogen and oxygen atoms in total. The van der Waals surface area contributed by atoms with E-state index in [0.717, 1.165) is 18.5 Å². The molecule has 1 atom stereocenters. The van der Waals surface area contributed by atoms with Crippen LogP contribution in [-0.2, 0) is 6.42 Å². The highest BCUT2D eigenvalue weighted by atomic mass is 16.2. The number of hydrogen-bond donors (Lipinski definition) is 2. The monoisotopic (exact) mass is 256 g/mol. The third-order valence-electron chi connectivity index (χ3n) is 3.14. The highest BCUT2D eigenvalue weighted by Gasteiger charge is 2.04. The van der Waals surface area contributed by atoms with Gasteiger partial charge in [0.15, 0.2) is 0 Å². The smallest absolute Gasteiger partial charge is 0.0486 e. The molecular weight excluding hydrogens is 236 g/mol. The van der Waals surface area contributed by atoms with E-state index in [4.69, 9.17) is 5.11 Å². The van der Waals surface area contributed by atoms with Crippen LogP contribution in [0.2, 0.25) is 0 Å². The van der Waals surface area contributed by atoms with Crippen LogP contribution in [0.25, 0.3) is 0 Å². The first kappa shape index (κ1) is 13.6. The van der Waals surface area contributed by atoms with Gasteiger partial charge in [-0.05, 0) is 55.2 Å². The number of rotatable bonds is 6. The third-order valence-corrected chi connectivity index (χ3v) is 3.14. The van der Waals surface area contributed by atoms with Gasteiger partial charge in [-0.15, -0.1) is 0 Å². The Labute approximate surface area is 114 Å². The van der Waals surface area contributed by atoms with E-state index in [1.807, 2.05) is 30.6 Å². The Kier molecular flexibility index (Phi) is 4.93. The zero-order chi connectivity index (χ0) is 13.5. The summed E-state index contributed by atoms with van der Waals surface area (Å²) in [7, 11) is 0. The van der Waals surface area contributed by atoms with E-state index in [0.29, 0.717) is 0 Å². The van der Waals surface area contributed by atoms with Crippen molar-refractivity contribution in [3.8, 4) is 0 Å². The third kappa shape index (κ3) is 4.07. The van der Waals surface area contributed by atoms with Crippen molar-refractivity contribution in [1.82, 2.24) is 4.98 Å². The van der Waals surface area contributed by atoms with E-state index in [1.54, 1.807) is 0 Å². The Morgan fingerprint density at radius 1 is 1.21 bits per heavy atom. The Hall–Kier alpha value is -1.87. The summed E-state index contributed by atoms with van der Waals surface area (Å²) in [5.41, 5.74) is 3.58. The molecule has 0 fully saturated rings. The van der Waals surface area contributed by atoms with E-state index >= 15 is 0 Å². The molecule has 0 bridgehead atoms. The Morgan fingerprint density at radius 2 is 2.00 bits per heavy atom. The average molecular weight is 256 g/mol. The Balaban J connectivity index is 2.02. The standard InChI is InChI=1S/C16H20N2O/c1-13(15-7-9-17-10-8-15)18-16-6-2-4-14(12-16)5-3-11-19/h2,4,6-10,12-13,18-19H,3,5,11H2,1H3. The van der Waals surface area contributed by atoms with Crippen LogP contribution in [0.5, 0.6) is 0 Å². The van der Waals surface area contributed by atoms with Crippen molar-refractivity contribution in [2.45, 2.75) is 25.8 Å². The molecule has 2 N–H and O–H groups in total. The molecule has 0 amide bonds. The SMILES string of the molecule is CC(Nc1cccc(CCCO)c1)c1ccncc1. The molecular formula is C16H20N2O. The second-order valence-corrected chi connectivity index (χ2v) is 4.67. The van der Waals surface area contributed by atoms with Crippen molar-refractivity contribution < 1.29 is 5.11 Å². The molecule has 0 aliphatic carbocycles. The number of pyridine rings is 1. The summed E-state index contributed by atoms with van der Waals surface area (Å²) >= 11 is 0. The van der Waals surface area contributed by atoms with Gasteiger partial charge in [0, 0.05) is 30.7 Å². The van der Waals surface area contributed by atoms with Crippen LogP contribution in [0.3, 0.4) is 0 Å². The molecule has 1 aromatic carbocycles. The number of aromatic nitrogens is 1. The lowest BCUT2D eigenvalue weighted by Crippen LogP contribution is -2.06. The van der Waals surface area contributed by atoms with Gasteiger partial charge in [-0.3, -0.25) is 4.98 Å². The maximum atomic E-state index is 8.87. The van der Waals surface area contributed by atoms with Crippen LogP contribution in [0.4, 0.5) is 5.69 Å². The molecule has 0 saturated carbocycles. The van der Waals surface area contributed by atoms with Crippen molar-refractivity contribution in [3.63, 3.8) is 0 Å². The van der Waals surface area contributed by atoms with Crippen LogP contribution in [0, 0.1) is 0 Å². The molecule has 1 aromatic heterocycles. The fourth-order valence-corrected chi connectivity index (χ4v) is 2.09. The van der Waals surface area contributed by atoms with Crippen LogP contribution >= 0.6 is 0 Å². The van der Waals surface area contributed by atoms with Gasteiger partial charge in [0.05, 0.1) is 0 Å². The number of anilines is 1. The zero-order valence-corrected chi connectivity index (χ0v) is 11.2. The number of aliphatic hydroxyl groups is 1. The predicted octanol–water partition coefficient (Wildman–Crippen LogP) is 3.18. The van der Waals surface area contributed by atoms with Gasteiger partial charge >= 0.3 is 0 Å². The van der Waals surface area contributed by atoms with Gasteiger partial charge in [-0.25, -0.2) is 0 Å². The van der Waals surface area contributed by atoms with Crippen molar-refractivity contribution in [1.29, 1.82) is 0 Å². The Morgan fingerprint density at radius 3 is 2.74 bits per heavy atom. The van der Waals surface area contributed by atoms with Gasteiger partial charge in [-0.2, -0.15) is 0 Å². The van der Waals surface area contributed by atoms with E-state index < -0.39 is 0 Å². The molecule has 2 rings (SSSR count). The van der Waals surface area contributed by atoms with E-state index in [1.165, 1.54) is 11.1 Å². The largest absolute Gasteiger partial charge is 0.396 e. The fourth-order valence-electron chi connectivity index (χ4n) is 2.09. The summed E-state index contributed by atoms with van der Waals surface area (Å²) < 4.78 is 0. The van der Waals surface area contributed by atoms with Gasteiger partial charge < -0.3 is 10.4 Å². The highest BCUT2D eigenvalue weighted by molar-refractivity contribution is 5.47. The summed E-state index contributed by atoms with van der Waals surface area (Å²) in [4.78, 5) is 4.03. The van der Waals surface area contributed by atoms with Crippen LogP contribution < -0.4 is 5.32 Å². The molecule has 3 heteroatoms. The summed E-state index contributed by atoms with van der Waals surface area (Å²) in [6, 6.07) is 12.6. The lowest BCUT2D eigenvalue weighted by atomic mass is 10.1. The van der Waals surface area contributed by atoms with Crippen LogP contribution in [-0.4, -0.2) is 16.7 Å². The molecule has 0 aliphatic heterocycles. The molecule has 2 aromatic rings. The second-order valence-electron chi connectivity index (χ2n) is 4.67. The first-order valence-electron chi connectivity index (χ1n) is 6.66. The number of aliphatic hydroxyl groups excluding tert-OH is 1. The minimum Gasteiger partial charge on any atom is -0.396 e.